The Balaban J connectivity index is 1.91. The van der Waals surface area contributed by atoms with Gasteiger partial charge in [-0.05, 0) is 24.6 Å². The van der Waals surface area contributed by atoms with E-state index in [2.05, 4.69) is 0 Å². The number of nitrogens with zero attached hydrogens (tertiary/aromatic N) is 1. The molecule has 4 heteroatoms. The third kappa shape index (κ3) is 4.60. The van der Waals surface area contributed by atoms with E-state index >= 15 is 0 Å². The standard InChI is InChI=1S/C17H18FNO2/c1-2-19(12-14-7-4-3-5-8-14)17(20)13-21-16-10-6-9-15(18)11-16/h3-11H,2,12-13H2,1H3. The van der Waals surface area contributed by atoms with Gasteiger partial charge in [0.2, 0.25) is 0 Å². The third-order valence-electron chi connectivity index (χ3n) is 3.11. The average molecular weight is 287 g/mol. The molecule has 0 aliphatic carbocycles. The molecule has 0 atom stereocenters. The van der Waals surface area contributed by atoms with Gasteiger partial charge in [0.05, 0.1) is 0 Å². The van der Waals surface area contributed by atoms with Gasteiger partial charge in [-0.1, -0.05) is 36.4 Å². The highest BCUT2D eigenvalue weighted by Gasteiger charge is 2.13. The number of carbonyl (C=O) groups excluding carboxylic acids is 1. The Morgan fingerprint density at radius 3 is 2.57 bits per heavy atom. The lowest BCUT2D eigenvalue weighted by atomic mass is 10.2. The first-order valence-electron chi connectivity index (χ1n) is 6.89. The molecular weight excluding hydrogens is 269 g/mol. The van der Waals surface area contributed by atoms with Crippen LogP contribution in [0, 0.1) is 5.82 Å². The molecule has 3 nitrogen and oxygen atoms in total. The maximum atomic E-state index is 13.0. The largest absolute Gasteiger partial charge is 0.484 e. The SMILES string of the molecule is CCN(Cc1ccccc1)C(=O)COc1cccc(F)c1. The zero-order chi connectivity index (χ0) is 15.1. The molecule has 2 rings (SSSR count). The average Bonchev–Trinajstić information content (AvgIpc) is 2.51. The van der Waals surface area contributed by atoms with Gasteiger partial charge in [0.25, 0.3) is 5.91 Å². The number of hydrogen-bond donors (Lipinski definition) is 0. The lowest BCUT2D eigenvalue weighted by molar-refractivity contribution is -0.133. The van der Waals surface area contributed by atoms with Gasteiger partial charge < -0.3 is 9.64 Å². The van der Waals surface area contributed by atoms with E-state index < -0.39 is 0 Å². The van der Waals surface area contributed by atoms with Crippen molar-refractivity contribution in [3.05, 3.63) is 66.0 Å². The monoisotopic (exact) mass is 287 g/mol. The summed E-state index contributed by atoms with van der Waals surface area (Å²) in [5, 5.41) is 0. The van der Waals surface area contributed by atoms with Crippen LogP contribution in [-0.4, -0.2) is 24.0 Å². The van der Waals surface area contributed by atoms with Crippen LogP contribution >= 0.6 is 0 Å². The Kier molecular flexibility index (Phi) is 5.32. The molecule has 0 saturated carbocycles. The van der Waals surface area contributed by atoms with Gasteiger partial charge in [-0.25, -0.2) is 4.39 Å². The second-order valence-corrected chi connectivity index (χ2v) is 4.64. The molecule has 0 N–H and O–H groups in total. The molecule has 0 aromatic heterocycles. The molecule has 0 saturated heterocycles. The highest BCUT2D eigenvalue weighted by molar-refractivity contribution is 5.77. The van der Waals surface area contributed by atoms with Crippen molar-refractivity contribution in [2.24, 2.45) is 0 Å². The number of amides is 1. The van der Waals surface area contributed by atoms with Crippen LogP contribution in [0.15, 0.2) is 54.6 Å². The smallest absolute Gasteiger partial charge is 0.260 e. The van der Waals surface area contributed by atoms with Crippen molar-refractivity contribution in [3.8, 4) is 5.75 Å². The Morgan fingerprint density at radius 1 is 1.14 bits per heavy atom. The van der Waals surface area contributed by atoms with E-state index in [4.69, 9.17) is 4.74 Å². The molecule has 2 aromatic carbocycles. The number of benzene rings is 2. The van der Waals surface area contributed by atoms with Crippen molar-refractivity contribution in [1.29, 1.82) is 0 Å². The Morgan fingerprint density at radius 2 is 1.90 bits per heavy atom. The molecule has 21 heavy (non-hydrogen) atoms. The quantitative estimate of drug-likeness (QED) is 0.816. The Labute approximate surface area is 124 Å². The van der Waals surface area contributed by atoms with E-state index in [9.17, 15) is 9.18 Å². The van der Waals surface area contributed by atoms with E-state index in [0.29, 0.717) is 18.8 Å². The fourth-order valence-electron chi connectivity index (χ4n) is 1.97. The number of ether oxygens (including phenoxy) is 1. The van der Waals surface area contributed by atoms with E-state index in [-0.39, 0.29) is 18.3 Å². The van der Waals surface area contributed by atoms with Crippen molar-refractivity contribution >= 4 is 5.91 Å². The van der Waals surface area contributed by atoms with Crippen molar-refractivity contribution in [2.75, 3.05) is 13.2 Å². The molecule has 0 spiro atoms. The van der Waals surface area contributed by atoms with Crippen LogP contribution in [0.1, 0.15) is 12.5 Å². The maximum absolute atomic E-state index is 13.0. The molecule has 110 valence electrons. The first kappa shape index (κ1) is 15.0. The molecule has 0 radical (unpaired) electrons. The summed E-state index contributed by atoms with van der Waals surface area (Å²) in [5.41, 5.74) is 1.07. The topological polar surface area (TPSA) is 29.5 Å². The summed E-state index contributed by atoms with van der Waals surface area (Å²) >= 11 is 0. The minimum Gasteiger partial charge on any atom is -0.484 e. The normalized spacial score (nSPS) is 10.2. The summed E-state index contributed by atoms with van der Waals surface area (Å²) < 4.78 is 18.4. The van der Waals surface area contributed by atoms with Crippen LogP contribution in [0.4, 0.5) is 4.39 Å². The van der Waals surface area contributed by atoms with E-state index in [1.165, 1.54) is 12.1 Å². The maximum Gasteiger partial charge on any atom is 0.260 e. The van der Waals surface area contributed by atoms with Gasteiger partial charge in [0.15, 0.2) is 6.61 Å². The summed E-state index contributed by atoms with van der Waals surface area (Å²) in [7, 11) is 0. The molecule has 1 amide bonds. The Hall–Kier alpha value is -2.36. The number of halogens is 1. The van der Waals surface area contributed by atoms with Gasteiger partial charge >= 0.3 is 0 Å². The zero-order valence-electron chi connectivity index (χ0n) is 12.0. The minimum absolute atomic E-state index is 0.0931. The van der Waals surface area contributed by atoms with Crippen molar-refractivity contribution < 1.29 is 13.9 Å². The molecule has 0 fully saturated rings. The van der Waals surface area contributed by atoms with Gasteiger partial charge in [-0.2, -0.15) is 0 Å². The van der Waals surface area contributed by atoms with Gasteiger partial charge in [0.1, 0.15) is 11.6 Å². The van der Waals surface area contributed by atoms with Gasteiger partial charge in [-0.3, -0.25) is 4.79 Å². The lowest BCUT2D eigenvalue weighted by Gasteiger charge is -2.21. The molecule has 0 aliphatic rings. The lowest BCUT2D eigenvalue weighted by Crippen LogP contribution is -2.34. The molecule has 0 bridgehead atoms. The minimum atomic E-state index is -0.378. The fourth-order valence-corrected chi connectivity index (χ4v) is 1.97. The predicted octanol–water partition coefficient (Wildman–Crippen LogP) is 3.25. The van der Waals surface area contributed by atoms with Crippen LogP contribution < -0.4 is 4.74 Å². The predicted molar refractivity (Wildman–Crippen MR) is 79.4 cm³/mol. The second-order valence-electron chi connectivity index (χ2n) is 4.64. The van der Waals surface area contributed by atoms with Crippen LogP contribution in [0.5, 0.6) is 5.75 Å². The van der Waals surface area contributed by atoms with Gasteiger partial charge in [-0.15, -0.1) is 0 Å². The summed E-state index contributed by atoms with van der Waals surface area (Å²) in [6, 6.07) is 15.6. The molecule has 0 unspecified atom stereocenters. The van der Waals surface area contributed by atoms with E-state index in [0.717, 1.165) is 5.56 Å². The second kappa shape index (κ2) is 7.43. The Bertz CT molecular complexity index is 586. The number of hydrogen-bond acceptors (Lipinski definition) is 2. The summed E-state index contributed by atoms with van der Waals surface area (Å²) in [6.07, 6.45) is 0. The van der Waals surface area contributed by atoms with Crippen LogP contribution in [0.2, 0.25) is 0 Å². The van der Waals surface area contributed by atoms with Crippen LogP contribution in [0.25, 0.3) is 0 Å². The number of carbonyl (C=O) groups is 1. The van der Waals surface area contributed by atoms with E-state index in [1.54, 1.807) is 17.0 Å². The van der Waals surface area contributed by atoms with Crippen LogP contribution in [0.3, 0.4) is 0 Å². The molecule has 0 aliphatic heterocycles. The highest BCUT2D eigenvalue weighted by atomic mass is 19.1. The molecule has 2 aromatic rings. The summed E-state index contributed by atoms with van der Waals surface area (Å²) in [4.78, 5) is 13.8. The zero-order valence-corrected chi connectivity index (χ0v) is 12.0. The first-order valence-corrected chi connectivity index (χ1v) is 6.89. The molecular formula is C17H18FNO2. The summed E-state index contributed by atoms with van der Waals surface area (Å²) in [6.45, 7) is 2.97. The van der Waals surface area contributed by atoms with Crippen molar-refractivity contribution in [2.45, 2.75) is 13.5 Å². The number of rotatable bonds is 6. The third-order valence-corrected chi connectivity index (χ3v) is 3.11. The van der Waals surface area contributed by atoms with E-state index in [1.807, 2.05) is 37.3 Å². The van der Waals surface area contributed by atoms with Crippen molar-refractivity contribution in [1.82, 2.24) is 4.90 Å². The number of likely N-dealkylation sites (N-methyl/N-ethyl adjacent to an activating group) is 1. The van der Waals surface area contributed by atoms with Crippen molar-refractivity contribution in [3.63, 3.8) is 0 Å². The fraction of sp³-hybridized carbons (Fsp3) is 0.235. The summed E-state index contributed by atoms with van der Waals surface area (Å²) in [5.74, 6) is -0.138. The highest BCUT2D eigenvalue weighted by Crippen LogP contribution is 2.12. The molecule has 0 heterocycles. The first-order chi connectivity index (χ1) is 10.2. The van der Waals surface area contributed by atoms with Gasteiger partial charge in [0, 0.05) is 19.2 Å². The van der Waals surface area contributed by atoms with Crippen LogP contribution in [-0.2, 0) is 11.3 Å².